The van der Waals surface area contributed by atoms with E-state index in [0.717, 1.165) is 36.9 Å². The minimum Gasteiger partial charge on any atom is -0.362 e. The van der Waals surface area contributed by atoms with Crippen LogP contribution in [0.3, 0.4) is 0 Å². The number of hydrogen-bond acceptors (Lipinski definition) is 3. The summed E-state index contributed by atoms with van der Waals surface area (Å²) in [7, 11) is 0. The number of hydrogen-bond donors (Lipinski definition) is 3. The zero-order chi connectivity index (χ0) is 20.0. The van der Waals surface area contributed by atoms with Crippen molar-refractivity contribution in [2.24, 2.45) is 17.8 Å². The lowest BCUT2D eigenvalue weighted by atomic mass is 9.58. The van der Waals surface area contributed by atoms with Gasteiger partial charge in [-0.15, -0.1) is 0 Å². The van der Waals surface area contributed by atoms with Crippen LogP contribution in [0.1, 0.15) is 41.6 Å². The van der Waals surface area contributed by atoms with Gasteiger partial charge in [-0.1, -0.05) is 24.3 Å². The Balaban J connectivity index is 1.29. The predicted octanol–water partition coefficient (Wildman–Crippen LogP) is 3.43. The molecule has 29 heavy (non-hydrogen) atoms. The predicted molar refractivity (Wildman–Crippen MR) is 107 cm³/mol. The normalized spacial score (nSPS) is 29.7. The summed E-state index contributed by atoms with van der Waals surface area (Å²) >= 11 is 0. The van der Waals surface area contributed by atoms with E-state index in [1.165, 1.54) is 12.1 Å². The number of para-hydroxylation sites is 1. The van der Waals surface area contributed by atoms with Gasteiger partial charge in [-0.05, 0) is 61.4 Å². The molecule has 3 aliphatic carbocycles. The van der Waals surface area contributed by atoms with Crippen LogP contribution >= 0.6 is 0 Å². The Labute approximate surface area is 169 Å². The van der Waals surface area contributed by atoms with Gasteiger partial charge in [0.1, 0.15) is 11.5 Å². The van der Waals surface area contributed by atoms with Crippen LogP contribution in [0.2, 0.25) is 0 Å². The molecule has 1 aliphatic heterocycles. The molecule has 6 heteroatoms. The molecule has 2 aromatic carbocycles. The first-order valence-corrected chi connectivity index (χ1v) is 10.3. The van der Waals surface area contributed by atoms with Crippen molar-refractivity contribution in [3.8, 4) is 0 Å². The molecule has 2 aromatic rings. The van der Waals surface area contributed by atoms with E-state index in [4.69, 9.17) is 0 Å². The summed E-state index contributed by atoms with van der Waals surface area (Å²) in [6.45, 7) is 0.331. The highest BCUT2D eigenvalue weighted by molar-refractivity contribution is 6.02. The molecule has 2 amide bonds. The monoisotopic (exact) mass is 393 g/mol. The molecule has 6 rings (SSSR count). The van der Waals surface area contributed by atoms with E-state index in [2.05, 4.69) is 16.0 Å². The molecule has 2 bridgehead atoms. The van der Waals surface area contributed by atoms with Gasteiger partial charge in [-0.2, -0.15) is 0 Å². The molecule has 0 radical (unpaired) electrons. The topological polar surface area (TPSA) is 70.2 Å². The minimum absolute atomic E-state index is 0.0290. The Hall–Kier alpha value is -2.89. The molecule has 1 spiro atoms. The summed E-state index contributed by atoms with van der Waals surface area (Å²) in [6, 6.07) is 13.9. The summed E-state index contributed by atoms with van der Waals surface area (Å²) in [4.78, 5) is 25.5. The Morgan fingerprint density at radius 2 is 2.00 bits per heavy atom. The van der Waals surface area contributed by atoms with Gasteiger partial charge in [0.15, 0.2) is 0 Å². The molecule has 1 heterocycles. The Kier molecular flexibility index (Phi) is 4.30. The summed E-state index contributed by atoms with van der Waals surface area (Å²) in [5.41, 5.74) is 1.83. The third-order valence-corrected chi connectivity index (χ3v) is 6.83. The highest BCUT2D eigenvalue weighted by atomic mass is 19.1. The van der Waals surface area contributed by atoms with Gasteiger partial charge >= 0.3 is 0 Å². The maximum Gasteiger partial charge on any atom is 0.255 e. The second kappa shape index (κ2) is 6.87. The maximum atomic E-state index is 13.4. The van der Waals surface area contributed by atoms with Crippen LogP contribution in [0.25, 0.3) is 0 Å². The number of benzene rings is 2. The molecule has 4 aliphatic rings. The molecule has 3 N–H and O–H groups in total. The van der Waals surface area contributed by atoms with Gasteiger partial charge in [-0.3, -0.25) is 9.59 Å². The largest absolute Gasteiger partial charge is 0.362 e. The maximum absolute atomic E-state index is 13.4. The molecule has 3 fully saturated rings. The van der Waals surface area contributed by atoms with E-state index < -0.39 is 5.66 Å². The van der Waals surface area contributed by atoms with Crippen molar-refractivity contribution in [2.45, 2.75) is 37.9 Å². The van der Waals surface area contributed by atoms with Crippen molar-refractivity contribution in [1.82, 2.24) is 10.6 Å². The Morgan fingerprint density at radius 1 is 1.14 bits per heavy atom. The molecule has 150 valence electrons. The standard InChI is InChI=1S/C23H24FN3O2/c24-17-5-3-4-14(10-17)13-25-21(28)19-11-16-9-8-15(19)12-23(16)26-20-7-2-1-6-18(20)22(29)27-23/h1-7,10,15-16,19,26H,8-9,11-13H2,(H,25,28)(H,27,29)/t15-,16-,19-,23+/m0/s1. The van der Waals surface area contributed by atoms with E-state index in [0.29, 0.717) is 12.1 Å². The molecule has 0 aromatic heterocycles. The van der Waals surface area contributed by atoms with Gasteiger partial charge in [0.05, 0.1) is 5.56 Å². The molecule has 4 atom stereocenters. The van der Waals surface area contributed by atoms with E-state index in [-0.39, 0.29) is 35.4 Å². The fraction of sp³-hybridized carbons (Fsp3) is 0.391. The van der Waals surface area contributed by atoms with Crippen LogP contribution in [0, 0.1) is 23.6 Å². The van der Waals surface area contributed by atoms with Crippen LogP contribution in [-0.2, 0) is 11.3 Å². The minimum atomic E-state index is -0.465. The summed E-state index contributed by atoms with van der Waals surface area (Å²) in [5, 5.41) is 9.80. The molecular formula is C23H24FN3O2. The van der Waals surface area contributed by atoms with Crippen LogP contribution < -0.4 is 16.0 Å². The lowest BCUT2D eigenvalue weighted by Crippen LogP contribution is -2.68. The average Bonchev–Trinajstić information content (AvgIpc) is 2.72. The average molecular weight is 393 g/mol. The number of anilines is 1. The lowest BCUT2D eigenvalue weighted by Gasteiger charge is -2.56. The number of amides is 2. The van der Waals surface area contributed by atoms with Crippen LogP contribution in [-0.4, -0.2) is 17.5 Å². The van der Waals surface area contributed by atoms with Crippen LogP contribution in [0.15, 0.2) is 48.5 Å². The van der Waals surface area contributed by atoms with Crippen LogP contribution in [0.5, 0.6) is 0 Å². The number of carbonyl (C=O) groups is 2. The van der Waals surface area contributed by atoms with E-state index >= 15 is 0 Å². The molecular weight excluding hydrogens is 369 g/mol. The quantitative estimate of drug-likeness (QED) is 0.748. The third-order valence-electron chi connectivity index (χ3n) is 6.83. The van der Waals surface area contributed by atoms with E-state index in [1.54, 1.807) is 6.07 Å². The number of rotatable bonds is 3. The molecule has 0 saturated heterocycles. The Bertz CT molecular complexity index is 978. The third kappa shape index (κ3) is 3.16. The van der Waals surface area contributed by atoms with Gasteiger partial charge in [-0.25, -0.2) is 4.39 Å². The SMILES string of the molecule is O=C1N[C@@]2(C[C@@H]3CC[C@H]2C[C@@H]3C(=O)NCc2cccc(F)c2)Nc2ccccc21. The second-order valence-corrected chi connectivity index (χ2v) is 8.52. The fourth-order valence-corrected chi connectivity index (χ4v) is 5.43. The van der Waals surface area contributed by atoms with Crippen LogP contribution in [0.4, 0.5) is 10.1 Å². The number of carbonyl (C=O) groups excluding carboxylic acids is 2. The number of nitrogens with one attached hydrogen (secondary N) is 3. The smallest absolute Gasteiger partial charge is 0.255 e. The van der Waals surface area contributed by atoms with E-state index in [9.17, 15) is 14.0 Å². The number of halogens is 1. The first-order valence-electron chi connectivity index (χ1n) is 10.3. The molecule has 5 nitrogen and oxygen atoms in total. The highest BCUT2D eigenvalue weighted by Gasteiger charge is 2.55. The fourth-order valence-electron chi connectivity index (χ4n) is 5.43. The first kappa shape index (κ1) is 18.2. The number of fused-ring (bicyclic) bond motifs is 3. The molecule has 3 saturated carbocycles. The van der Waals surface area contributed by atoms with Crippen molar-refractivity contribution in [2.75, 3.05) is 5.32 Å². The second-order valence-electron chi connectivity index (χ2n) is 8.52. The van der Waals surface area contributed by atoms with Gasteiger partial charge in [0.2, 0.25) is 5.91 Å². The first-order chi connectivity index (χ1) is 14.0. The van der Waals surface area contributed by atoms with Gasteiger partial charge < -0.3 is 16.0 Å². The van der Waals surface area contributed by atoms with E-state index in [1.807, 2.05) is 30.3 Å². The Morgan fingerprint density at radius 3 is 2.79 bits per heavy atom. The van der Waals surface area contributed by atoms with Crippen molar-refractivity contribution < 1.29 is 14.0 Å². The highest BCUT2D eigenvalue weighted by Crippen LogP contribution is 2.51. The lowest BCUT2D eigenvalue weighted by molar-refractivity contribution is -0.132. The summed E-state index contributed by atoms with van der Waals surface area (Å²) < 4.78 is 13.4. The molecule has 0 unspecified atom stereocenters. The van der Waals surface area contributed by atoms with Gasteiger partial charge in [0.25, 0.3) is 5.91 Å². The summed E-state index contributed by atoms with van der Waals surface area (Å²) in [5.74, 6) is 0.0410. The van der Waals surface area contributed by atoms with Crippen molar-refractivity contribution in [3.63, 3.8) is 0 Å². The zero-order valence-corrected chi connectivity index (χ0v) is 16.1. The van der Waals surface area contributed by atoms with Gasteiger partial charge in [0, 0.05) is 24.1 Å². The van der Waals surface area contributed by atoms with Crippen molar-refractivity contribution in [3.05, 3.63) is 65.5 Å². The zero-order valence-electron chi connectivity index (χ0n) is 16.1. The van der Waals surface area contributed by atoms with Crippen molar-refractivity contribution >= 4 is 17.5 Å². The van der Waals surface area contributed by atoms with Crippen molar-refractivity contribution in [1.29, 1.82) is 0 Å². The summed E-state index contributed by atoms with van der Waals surface area (Å²) in [6.07, 6.45) is 3.47.